The lowest BCUT2D eigenvalue weighted by Gasteiger charge is -2.40. The van der Waals surface area contributed by atoms with Crippen molar-refractivity contribution >= 4 is 59.0 Å². The molecule has 9 nitrogen and oxygen atoms in total. The zero-order valence-corrected chi connectivity index (χ0v) is 19.2. The van der Waals surface area contributed by atoms with Crippen molar-refractivity contribution in [2.75, 3.05) is 13.2 Å². The molecule has 0 unspecified atom stereocenters. The van der Waals surface area contributed by atoms with E-state index in [0.29, 0.717) is 15.4 Å². The van der Waals surface area contributed by atoms with Crippen LogP contribution < -0.4 is 0 Å². The van der Waals surface area contributed by atoms with E-state index in [4.69, 9.17) is 49.0 Å². The second-order valence-corrected chi connectivity index (χ2v) is 10.0. The summed E-state index contributed by atoms with van der Waals surface area (Å²) in [6, 6.07) is 7.44. The lowest BCUT2D eigenvalue weighted by Crippen LogP contribution is -2.68. The van der Waals surface area contributed by atoms with Crippen LogP contribution in [-0.4, -0.2) is 62.6 Å². The molecule has 1 fully saturated rings. The number of nitrogens with zero attached hydrogens (tertiary/aromatic N) is 2. The number of hydrogen-bond acceptors (Lipinski definition) is 7. The molecule has 0 bridgehead atoms. The van der Waals surface area contributed by atoms with E-state index in [-0.39, 0.29) is 13.2 Å². The number of halogens is 3. The average Bonchev–Trinajstić information content (AvgIpc) is 2.65. The predicted octanol–water partition coefficient (Wildman–Crippen LogP) is 4.28. The molecule has 1 saturated heterocycles. The Morgan fingerprint density at radius 1 is 1.06 bits per heavy atom. The Hall–Kier alpha value is -2.23. The van der Waals surface area contributed by atoms with Gasteiger partial charge in [-0.2, -0.15) is 4.90 Å². The summed E-state index contributed by atoms with van der Waals surface area (Å²) in [6.07, 6.45) is -3.25. The molecule has 1 aromatic rings. The number of hydrogen-bond donors (Lipinski definition) is 0. The molecule has 0 spiro atoms. The van der Waals surface area contributed by atoms with E-state index < -0.39 is 46.2 Å². The van der Waals surface area contributed by atoms with Gasteiger partial charge in [0.15, 0.2) is 0 Å². The van der Waals surface area contributed by atoms with Gasteiger partial charge in [0, 0.05) is 0 Å². The monoisotopic (exact) mass is 494 g/mol. The van der Waals surface area contributed by atoms with Crippen LogP contribution in [0, 0.1) is 0 Å². The number of likely N-dealkylation sites (tertiary alicyclic amines) is 1. The van der Waals surface area contributed by atoms with Crippen LogP contribution in [0.25, 0.3) is 0 Å². The maximum atomic E-state index is 12.6. The molecular formula is C19H21Cl3N2O7. The number of rotatable bonds is 4. The van der Waals surface area contributed by atoms with Crippen LogP contribution in [0.3, 0.4) is 0 Å². The number of amides is 4. The quantitative estimate of drug-likeness (QED) is 0.349. The van der Waals surface area contributed by atoms with Crippen molar-refractivity contribution < 1.29 is 33.4 Å². The van der Waals surface area contributed by atoms with E-state index in [0.717, 1.165) is 0 Å². The standard InChI is InChI=1S/C19H21Cl3N2O7/c1-18(2,3)31-17(28)24(16(27)29-10-12-7-5-4-6-8-12)13-9-23(14(13)25)15(26)30-11-19(20,21)22/h4-8,13H,9-11H2,1-3H3/t13-/m0/s1. The van der Waals surface area contributed by atoms with Gasteiger partial charge in [-0.1, -0.05) is 65.1 Å². The first-order valence-electron chi connectivity index (χ1n) is 9.06. The largest absolute Gasteiger partial charge is 0.445 e. The molecule has 1 heterocycles. The van der Waals surface area contributed by atoms with Gasteiger partial charge in [-0.25, -0.2) is 19.3 Å². The highest BCUT2D eigenvalue weighted by molar-refractivity contribution is 6.67. The Kier molecular flexibility index (Phi) is 8.02. The van der Waals surface area contributed by atoms with Gasteiger partial charge in [0.1, 0.15) is 24.9 Å². The van der Waals surface area contributed by atoms with Crippen molar-refractivity contribution in [1.29, 1.82) is 0 Å². The third-order valence-corrected chi connectivity index (χ3v) is 4.12. The van der Waals surface area contributed by atoms with Crippen molar-refractivity contribution in [3.05, 3.63) is 35.9 Å². The van der Waals surface area contributed by atoms with E-state index in [1.54, 1.807) is 51.1 Å². The zero-order valence-electron chi connectivity index (χ0n) is 17.0. The molecule has 170 valence electrons. The molecule has 4 amide bonds. The minimum Gasteiger partial charge on any atom is -0.445 e. The topological polar surface area (TPSA) is 102 Å². The van der Waals surface area contributed by atoms with Gasteiger partial charge in [-0.3, -0.25) is 4.79 Å². The summed E-state index contributed by atoms with van der Waals surface area (Å²) >= 11 is 16.5. The van der Waals surface area contributed by atoms with Crippen molar-refractivity contribution in [3.8, 4) is 0 Å². The Morgan fingerprint density at radius 2 is 1.68 bits per heavy atom. The molecular weight excluding hydrogens is 475 g/mol. The molecule has 0 radical (unpaired) electrons. The highest BCUT2D eigenvalue weighted by atomic mass is 35.6. The van der Waals surface area contributed by atoms with Gasteiger partial charge in [0.05, 0.1) is 6.54 Å². The minimum atomic E-state index is -1.85. The first-order valence-corrected chi connectivity index (χ1v) is 10.2. The smallest absolute Gasteiger partial charge is 0.420 e. The van der Waals surface area contributed by atoms with Crippen LogP contribution in [0.5, 0.6) is 0 Å². The summed E-state index contributed by atoms with van der Waals surface area (Å²) in [5, 5.41) is 0. The molecule has 1 aromatic carbocycles. The Labute approximate surface area is 194 Å². The number of β-lactam (4-membered cyclic amide) rings is 1. The average molecular weight is 496 g/mol. The first kappa shape index (κ1) is 25.0. The van der Waals surface area contributed by atoms with E-state index in [2.05, 4.69) is 0 Å². The van der Waals surface area contributed by atoms with Crippen molar-refractivity contribution in [3.63, 3.8) is 0 Å². The number of ether oxygens (including phenoxy) is 3. The molecule has 0 aromatic heterocycles. The first-order chi connectivity index (χ1) is 14.3. The van der Waals surface area contributed by atoms with Gasteiger partial charge in [0.2, 0.25) is 3.79 Å². The normalized spacial score (nSPS) is 16.3. The van der Waals surface area contributed by atoms with E-state index in [1.165, 1.54) is 0 Å². The molecule has 1 aliphatic heterocycles. The number of imide groups is 2. The van der Waals surface area contributed by atoms with Crippen LogP contribution in [0.1, 0.15) is 26.3 Å². The number of benzene rings is 1. The van der Waals surface area contributed by atoms with E-state index >= 15 is 0 Å². The summed E-state index contributed by atoms with van der Waals surface area (Å²) in [5.74, 6) is -0.864. The van der Waals surface area contributed by atoms with Gasteiger partial charge in [-0.05, 0) is 26.3 Å². The molecule has 1 aliphatic rings. The van der Waals surface area contributed by atoms with Crippen molar-refractivity contribution in [2.45, 2.75) is 42.8 Å². The number of carbonyl (C=O) groups is 4. The van der Waals surface area contributed by atoms with Crippen LogP contribution in [-0.2, 0) is 25.6 Å². The minimum absolute atomic E-state index is 0.130. The van der Waals surface area contributed by atoms with Crippen LogP contribution in [0.4, 0.5) is 14.4 Å². The zero-order chi connectivity index (χ0) is 23.4. The van der Waals surface area contributed by atoms with Crippen molar-refractivity contribution in [1.82, 2.24) is 9.80 Å². The predicted molar refractivity (Wildman–Crippen MR) is 112 cm³/mol. The lowest BCUT2D eigenvalue weighted by atomic mass is 10.1. The molecule has 2 rings (SSSR count). The highest BCUT2D eigenvalue weighted by Crippen LogP contribution is 2.27. The number of alkyl halides is 3. The summed E-state index contributed by atoms with van der Waals surface area (Å²) in [7, 11) is 0. The third kappa shape index (κ3) is 7.45. The summed E-state index contributed by atoms with van der Waals surface area (Å²) in [6.45, 7) is 3.76. The second-order valence-electron chi connectivity index (χ2n) is 7.52. The maximum Gasteiger partial charge on any atom is 0.420 e. The third-order valence-electron chi connectivity index (χ3n) is 3.79. The van der Waals surface area contributed by atoms with Gasteiger partial charge < -0.3 is 14.2 Å². The van der Waals surface area contributed by atoms with Crippen LogP contribution in [0.15, 0.2) is 30.3 Å². The van der Waals surface area contributed by atoms with E-state index in [1.807, 2.05) is 0 Å². The van der Waals surface area contributed by atoms with Gasteiger partial charge in [0.25, 0.3) is 5.91 Å². The van der Waals surface area contributed by atoms with Gasteiger partial charge >= 0.3 is 18.3 Å². The van der Waals surface area contributed by atoms with Gasteiger partial charge in [-0.15, -0.1) is 0 Å². The Bertz CT molecular complexity index is 837. The molecule has 0 N–H and O–H groups in total. The SMILES string of the molecule is CC(C)(C)OC(=O)N(C(=O)OCc1ccccc1)[C@H]1CN(C(=O)OCC(Cl)(Cl)Cl)C1=O. The molecule has 31 heavy (non-hydrogen) atoms. The fourth-order valence-corrected chi connectivity index (χ4v) is 2.58. The summed E-state index contributed by atoms with van der Waals surface area (Å²) < 4.78 is 13.3. The molecule has 12 heteroatoms. The molecule has 1 atom stereocenters. The maximum absolute atomic E-state index is 12.6. The highest BCUT2D eigenvalue weighted by Gasteiger charge is 2.51. The summed E-state index contributed by atoms with van der Waals surface area (Å²) in [4.78, 5) is 50.9. The Balaban J connectivity index is 2.08. The van der Waals surface area contributed by atoms with E-state index in [9.17, 15) is 19.2 Å². The Morgan fingerprint density at radius 3 is 2.19 bits per heavy atom. The van der Waals surface area contributed by atoms with Crippen LogP contribution in [0.2, 0.25) is 0 Å². The van der Waals surface area contributed by atoms with Crippen LogP contribution >= 0.6 is 34.8 Å². The summed E-state index contributed by atoms with van der Waals surface area (Å²) in [5.41, 5.74) is -0.262. The fraction of sp³-hybridized carbons (Fsp3) is 0.474. The second kappa shape index (κ2) is 9.93. The fourth-order valence-electron chi connectivity index (χ4n) is 2.42. The lowest BCUT2D eigenvalue weighted by molar-refractivity contribution is -0.146. The van der Waals surface area contributed by atoms with Crippen molar-refractivity contribution in [2.24, 2.45) is 0 Å². The number of carbonyl (C=O) groups excluding carboxylic acids is 4. The molecule has 0 aliphatic carbocycles. The molecule has 0 saturated carbocycles.